The summed E-state index contributed by atoms with van der Waals surface area (Å²) in [6.45, 7) is 0. The van der Waals surface area contributed by atoms with Gasteiger partial charge < -0.3 is 0 Å². The van der Waals surface area contributed by atoms with Crippen molar-refractivity contribution in [2.75, 3.05) is 16.8 Å². The topological polar surface area (TPSA) is 76.1 Å². The Bertz CT molecular complexity index is 1270. The third-order valence-electron chi connectivity index (χ3n) is 5.98. The zero-order valence-electron chi connectivity index (χ0n) is 17.5. The molecule has 1 atom stereocenters. The van der Waals surface area contributed by atoms with E-state index >= 15 is 0 Å². The second kappa shape index (κ2) is 9.00. The third-order valence-corrected chi connectivity index (χ3v) is 10.1. The van der Waals surface area contributed by atoms with E-state index < -0.39 is 9.84 Å². The molecule has 3 aromatic rings. The van der Waals surface area contributed by atoms with Crippen molar-refractivity contribution in [1.82, 2.24) is 4.98 Å². The molecule has 0 saturated carbocycles. The summed E-state index contributed by atoms with van der Waals surface area (Å²) in [6, 6.07) is 13.9. The van der Waals surface area contributed by atoms with Gasteiger partial charge in [-0.2, -0.15) is 0 Å². The number of carbonyl (C=O) groups is 1. The molecule has 32 heavy (non-hydrogen) atoms. The molecule has 1 saturated heterocycles. The van der Waals surface area contributed by atoms with Gasteiger partial charge in [0.05, 0.1) is 22.8 Å². The van der Waals surface area contributed by atoms with E-state index in [2.05, 4.69) is 28.5 Å². The van der Waals surface area contributed by atoms with Gasteiger partial charge >= 0.3 is 0 Å². The Hall–Kier alpha value is -2.16. The molecule has 1 aliphatic heterocycles. The van der Waals surface area contributed by atoms with Crippen LogP contribution in [0.25, 0.3) is 11.3 Å². The molecule has 8 heteroatoms. The Kier molecular flexibility index (Phi) is 6.09. The summed E-state index contributed by atoms with van der Waals surface area (Å²) in [5.74, 6) is 0.175. The molecule has 1 aliphatic carbocycles. The lowest BCUT2D eigenvalue weighted by molar-refractivity contribution is 0.102. The van der Waals surface area contributed by atoms with Crippen molar-refractivity contribution in [3.8, 4) is 11.3 Å². The first-order valence-corrected chi connectivity index (χ1v) is 14.4. The van der Waals surface area contributed by atoms with Crippen LogP contribution in [0, 0.1) is 0 Å². The van der Waals surface area contributed by atoms with Crippen molar-refractivity contribution in [1.29, 1.82) is 0 Å². The van der Waals surface area contributed by atoms with Gasteiger partial charge in [-0.05, 0) is 61.4 Å². The standard InChI is InChI=1S/C24H24N2O3S3/c27-23(20-7-3-4-8-22(20)31-19-11-12-32(28,29)15-19)26-24-25-21(14-30-24)18-10-9-16-5-1-2-6-17(16)13-18/h3-4,7-10,13-14,19H,1-2,5-6,11-12,15H2,(H,25,26,27)/t19-/m0/s1. The smallest absolute Gasteiger partial charge is 0.258 e. The zero-order valence-corrected chi connectivity index (χ0v) is 20.0. The number of thiazole rings is 1. The Morgan fingerprint density at radius 3 is 2.72 bits per heavy atom. The number of rotatable bonds is 5. The summed E-state index contributed by atoms with van der Waals surface area (Å²) >= 11 is 2.89. The molecule has 166 valence electrons. The van der Waals surface area contributed by atoms with Crippen molar-refractivity contribution in [2.24, 2.45) is 0 Å². The van der Waals surface area contributed by atoms with E-state index in [9.17, 15) is 13.2 Å². The molecule has 0 bridgehead atoms. The maximum atomic E-state index is 13.0. The molecule has 2 aromatic carbocycles. The largest absolute Gasteiger partial charge is 0.298 e. The van der Waals surface area contributed by atoms with Crippen LogP contribution >= 0.6 is 23.1 Å². The predicted octanol–water partition coefficient (Wildman–Crippen LogP) is 5.22. The van der Waals surface area contributed by atoms with Gasteiger partial charge in [-0.25, -0.2) is 13.4 Å². The summed E-state index contributed by atoms with van der Waals surface area (Å²) in [5.41, 5.74) is 5.35. The minimum Gasteiger partial charge on any atom is -0.298 e. The molecular formula is C24H24N2O3S3. The quantitative estimate of drug-likeness (QED) is 0.537. The highest BCUT2D eigenvalue weighted by Crippen LogP contribution is 2.34. The van der Waals surface area contributed by atoms with Crippen molar-refractivity contribution in [2.45, 2.75) is 42.2 Å². The van der Waals surface area contributed by atoms with E-state index in [0.717, 1.165) is 29.0 Å². The summed E-state index contributed by atoms with van der Waals surface area (Å²) in [6.07, 6.45) is 5.39. The van der Waals surface area contributed by atoms with Gasteiger partial charge in [-0.3, -0.25) is 10.1 Å². The van der Waals surface area contributed by atoms with Gasteiger partial charge in [0, 0.05) is 21.1 Å². The lowest BCUT2D eigenvalue weighted by Crippen LogP contribution is -2.14. The minimum atomic E-state index is -2.96. The minimum absolute atomic E-state index is 0.00979. The fraction of sp³-hybridized carbons (Fsp3) is 0.333. The molecule has 0 unspecified atom stereocenters. The molecule has 1 amide bonds. The average Bonchev–Trinajstić information content (AvgIpc) is 3.39. The highest BCUT2D eigenvalue weighted by atomic mass is 32.2. The van der Waals surface area contributed by atoms with Gasteiger partial charge in [0.25, 0.3) is 5.91 Å². The fourth-order valence-electron chi connectivity index (χ4n) is 4.31. The van der Waals surface area contributed by atoms with E-state index in [4.69, 9.17) is 0 Å². The number of nitrogens with zero attached hydrogens (tertiary/aromatic N) is 1. The zero-order chi connectivity index (χ0) is 22.1. The van der Waals surface area contributed by atoms with Crippen LogP contribution in [0.2, 0.25) is 0 Å². The maximum Gasteiger partial charge on any atom is 0.258 e. The van der Waals surface area contributed by atoms with Crippen LogP contribution in [0.5, 0.6) is 0 Å². The Morgan fingerprint density at radius 2 is 1.91 bits per heavy atom. The van der Waals surface area contributed by atoms with Crippen LogP contribution in [0.3, 0.4) is 0 Å². The molecule has 2 aliphatic rings. The highest BCUT2D eigenvalue weighted by Gasteiger charge is 2.29. The number of hydrogen-bond acceptors (Lipinski definition) is 6. The molecule has 1 N–H and O–H groups in total. The van der Waals surface area contributed by atoms with Crippen molar-refractivity contribution in [3.05, 3.63) is 64.5 Å². The number of carbonyl (C=O) groups excluding carboxylic acids is 1. The van der Waals surface area contributed by atoms with Crippen molar-refractivity contribution >= 4 is 44.0 Å². The number of anilines is 1. The van der Waals surface area contributed by atoms with Crippen LogP contribution in [0.15, 0.2) is 52.7 Å². The summed E-state index contributed by atoms with van der Waals surface area (Å²) in [7, 11) is -2.96. The third kappa shape index (κ3) is 4.77. The SMILES string of the molecule is O=C(Nc1nc(-c2ccc3c(c2)CCCC3)cs1)c1ccccc1S[C@H]1CCS(=O)(=O)C1. The number of aryl methyl sites for hydroxylation is 2. The summed E-state index contributed by atoms with van der Waals surface area (Å²) in [4.78, 5) is 18.4. The van der Waals surface area contributed by atoms with Crippen LogP contribution < -0.4 is 5.32 Å². The monoisotopic (exact) mass is 484 g/mol. The van der Waals surface area contributed by atoms with Gasteiger partial charge in [-0.1, -0.05) is 24.3 Å². The molecule has 0 radical (unpaired) electrons. The molecular weight excluding hydrogens is 460 g/mol. The number of thioether (sulfide) groups is 1. The first-order valence-electron chi connectivity index (χ1n) is 10.8. The number of fused-ring (bicyclic) bond motifs is 1. The molecule has 1 aromatic heterocycles. The molecule has 1 fully saturated rings. The second-order valence-corrected chi connectivity index (χ2v) is 12.8. The number of hydrogen-bond donors (Lipinski definition) is 1. The summed E-state index contributed by atoms with van der Waals surface area (Å²) < 4.78 is 23.6. The van der Waals surface area contributed by atoms with Crippen LogP contribution in [0.4, 0.5) is 5.13 Å². The number of benzene rings is 2. The predicted molar refractivity (Wildman–Crippen MR) is 132 cm³/mol. The molecule has 0 spiro atoms. The van der Waals surface area contributed by atoms with Crippen molar-refractivity contribution in [3.63, 3.8) is 0 Å². The van der Waals surface area contributed by atoms with E-state index in [1.165, 1.54) is 47.1 Å². The normalized spacial score (nSPS) is 19.4. The van der Waals surface area contributed by atoms with Gasteiger partial charge in [0.1, 0.15) is 0 Å². The Morgan fingerprint density at radius 1 is 1.09 bits per heavy atom. The Labute approximate surface area is 196 Å². The van der Waals surface area contributed by atoms with Gasteiger partial charge in [0.2, 0.25) is 0 Å². The highest BCUT2D eigenvalue weighted by molar-refractivity contribution is 8.02. The molecule has 5 nitrogen and oxygen atoms in total. The molecule has 2 heterocycles. The van der Waals surface area contributed by atoms with Crippen LogP contribution in [-0.4, -0.2) is 36.1 Å². The average molecular weight is 485 g/mol. The van der Waals surface area contributed by atoms with Gasteiger partial charge in [0.15, 0.2) is 15.0 Å². The van der Waals surface area contributed by atoms with Crippen LogP contribution in [-0.2, 0) is 22.7 Å². The first-order chi connectivity index (χ1) is 15.5. The number of nitrogens with one attached hydrogen (secondary N) is 1. The Balaban J connectivity index is 1.31. The molecule has 5 rings (SSSR count). The lowest BCUT2D eigenvalue weighted by Gasteiger charge is -2.16. The van der Waals surface area contributed by atoms with E-state index in [1.807, 2.05) is 23.6 Å². The van der Waals surface area contributed by atoms with Crippen molar-refractivity contribution < 1.29 is 13.2 Å². The number of aromatic nitrogens is 1. The van der Waals surface area contributed by atoms with E-state index in [1.54, 1.807) is 6.07 Å². The maximum absolute atomic E-state index is 13.0. The number of sulfone groups is 1. The fourth-order valence-corrected chi connectivity index (χ4v) is 8.65. The van der Waals surface area contributed by atoms with Gasteiger partial charge in [-0.15, -0.1) is 23.1 Å². The van der Waals surface area contributed by atoms with E-state index in [0.29, 0.717) is 17.1 Å². The summed E-state index contributed by atoms with van der Waals surface area (Å²) in [5, 5.41) is 5.46. The lowest BCUT2D eigenvalue weighted by atomic mass is 9.90. The first kappa shape index (κ1) is 21.7. The second-order valence-electron chi connectivity index (χ2n) is 8.32. The van der Waals surface area contributed by atoms with Crippen LogP contribution in [0.1, 0.15) is 40.7 Å². The number of amides is 1. The van der Waals surface area contributed by atoms with E-state index in [-0.39, 0.29) is 22.7 Å².